The molecule has 1 fully saturated rings. The quantitative estimate of drug-likeness (QED) is 0.800. The zero-order valence-electron chi connectivity index (χ0n) is 12.1. The van der Waals surface area contributed by atoms with Crippen molar-refractivity contribution in [3.05, 3.63) is 29.8 Å². The van der Waals surface area contributed by atoms with Gasteiger partial charge in [-0.1, -0.05) is 26.0 Å². The SMILES string of the molecule is CC(C)c1ccc(NC(=O)NC[C@@H]2CCCN2)cc1.Cl. The number of nitrogens with one attached hydrogen (secondary N) is 3. The van der Waals surface area contributed by atoms with E-state index in [0.29, 0.717) is 18.5 Å². The third-order valence-corrected chi connectivity index (χ3v) is 3.51. The summed E-state index contributed by atoms with van der Waals surface area (Å²) >= 11 is 0. The second-order valence-electron chi connectivity index (χ2n) is 5.41. The average Bonchev–Trinajstić information content (AvgIpc) is 2.90. The molecule has 1 aliphatic heterocycles. The van der Waals surface area contributed by atoms with Crippen molar-refractivity contribution in [3.63, 3.8) is 0 Å². The van der Waals surface area contributed by atoms with Crippen LogP contribution in [0.4, 0.5) is 10.5 Å². The Morgan fingerprint density at radius 1 is 1.35 bits per heavy atom. The second kappa shape index (κ2) is 8.12. The fraction of sp³-hybridized carbons (Fsp3) is 0.533. The van der Waals surface area contributed by atoms with Gasteiger partial charge in [-0.25, -0.2) is 4.79 Å². The highest BCUT2D eigenvalue weighted by Gasteiger charge is 2.14. The van der Waals surface area contributed by atoms with E-state index in [1.807, 2.05) is 12.1 Å². The molecule has 0 aliphatic carbocycles. The van der Waals surface area contributed by atoms with Gasteiger partial charge in [0.05, 0.1) is 0 Å². The van der Waals surface area contributed by atoms with Crippen molar-refractivity contribution in [1.82, 2.24) is 10.6 Å². The van der Waals surface area contributed by atoms with Crippen molar-refractivity contribution in [2.45, 2.75) is 38.6 Å². The maximum atomic E-state index is 11.7. The van der Waals surface area contributed by atoms with Gasteiger partial charge in [0.1, 0.15) is 0 Å². The normalized spacial score (nSPS) is 17.6. The smallest absolute Gasteiger partial charge is 0.319 e. The molecular weight excluding hydrogens is 274 g/mol. The lowest BCUT2D eigenvalue weighted by atomic mass is 10.0. The summed E-state index contributed by atoms with van der Waals surface area (Å²) in [6, 6.07) is 8.29. The van der Waals surface area contributed by atoms with Crippen molar-refractivity contribution in [3.8, 4) is 0 Å². The van der Waals surface area contributed by atoms with E-state index in [-0.39, 0.29) is 18.4 Å². The second-order valence-corrected chi connectivity index (χ2v) is 5.41. The van der Waals surface area contributed by atoms with E-state index in [1.54, 1.807) is 0 Å². The van der Waals surface area contributed by atoms with E-state index in [1.165, 1.54) is 12.0 Å². The zero-order valence-corrected chi connectivity index (χ0v) is 12.9. The van der Waals surface area contributed by atoms with Gasteiger partial charge >= 0.3 is 6.03 Å². The summed E-state index contributed by atoms with van der Waals surface area (Å²) in [5, 5.41) is 9.11. The Bertz CT molecular complexity index is 414. The molecule has 0 saturated carbocycles. The first kappa shape index (κ1) is 16.8. The molecule has 0 aromatic heterocycles. The highest BCUT2D eigenvalue weighted by molar-refractivity contribution is 5.89. The molecule has 1 saturated heterocycles. The van der Waals surface area contributed by atoms with Crippen LogP contribution in [-0.2, 0) is 0 Å². The lowest BCUT2D eigenvalue weighted by Crippen LogP contribution is -2.39. The van der Waals surface area contributed by atoms with Crippen molar-refractivity contribution < 1.29 is 4.79 Å². The van der Waals surface area contributed by atoms with E-state index in [0.717, 1.165) is 18.7 Å². The van der Waals surface area contributed by atoms with E-state index in [2.05, 4.69) is 41.9 Å². The molecule has 20 heavy (non-hydrogen) atoms. The molecule has 1 aliphatic rings. The average molecular weight is 298 g/mol. The standard InChI is InChI=1S/C15H23N3O.ClH/c1-11(2)12-5-7-13(8-6-12)18-15(19)17-10-14-4-3-9-16-14;/h5-8,11,14,16H,3-4,9-10H2,1-2H3,(H2,17,18,19);1H/t14-;/m0./s1. The van der Waals surface area contributed by atoms with E-state index < -0.39 is 0 Å². The fourth-order valence-corrected chi connectivity index (χ4v) is 2.27. The number of hydrogen-bond donors (Lipinski definition) is 3. The molecule has 1 aromatic carbocycles. The first-order chi connectivity index (χ1) is 9.15. The predicted octanol–water partition coefficient (Wildman–Crippen LogP) is 3.11. The van der Waals surface area contributed by atoms with Gasteiger partial charge in [0.2, 0.25) is 0 Å². The number of carbonyl (C=O) groups is 1. The van der Waals surface area contributed by atoms with E-state index >= 15 is 0 Å². The molecule has 2 rings (SSSR count). The topological polar surface area (TPSA) is 53.2 Å². The van der Waals surface area contributed by atoms with Crippen LogP contribution >= 0.6 is 12.4 Å². The van der Waals surface area contributed by atoms with Crippen LogP contribution in [0, 0.1) is 0 Å². The number of rotatable bonds is 4. The first-order valence-corrected chi connectivity index (χ1v) is 7.03. The summed E-state index contributed by atoms with van der Waals surface area (Å²) in [6.45, 7) is 6.06. The lowest BCUT2D eigenvalue weighted by molar-refractivity contribution is 0.251. The van der Waals surface area contributed by atoms with Crippen molar-refractivity contribution in [1.29, 1.82) is 0 Å². The number of amides is 2. The maximum absolute atomic E-state index is 11.7. The molecule has 3 N–H and O–H groups in total. The minimum Gasteiger partial charge on any atom is -0.336 e. The summed E-state index contributed by atoms with van der Waals surface area (Å²) in [4.78, 5) is 11.7. The van der Waals surface area contributed by atoms with Gasteiger partial charge in [-0.3, -0.25) is 0 Å². The number of halogens is 1. The molecule has 5 heteroatoms. The Kier molecular flexibility index (Phi) is 6.82. The Balaban J connectivity index is 0.00000200. The van der Waals surface area contributed by atoms with Crippen molar-refractivity contribution in [2.24, 2.45) is 0 Å². The third kappa shape index (κ3) is 5.02. The molecule has 4 nitrogen and oxygen atoms in total. The van der Waals surface area contributed by atoms with E-state index in [4.69, 9.17) is 0 Å². The minimum atomic E-state index is -0.133. The van der Waals surface area contributed by atoms with Gasteiger partial charge in [-0.2, -0.15) is 0 Å². The zero-order chi connectivity index (χ0) is 13.7. The molecule has 1 aromatic rings. The van der Waals surface area contributed by atoms with Gasteiger partial charge in [-0.05, 0) is 43.0 Å². The molecule has 1 heterocycles. The highest BCUT2D eigenvalue weighted by Crippen LogP contribution is 2.16. The number of urea groups is 1. The van der Waals surface area contributed by atoms with E-state index in [9.17, 15) is 4.79 Å². The molecule has 112 valence electrons. The molecule has 0 radical (unpaired) electrons. The molecule has 2 amide bonds. The molecule has 1 atom stereocenters. The fourth-order valence-electron chi connectivity index (χ4n) is 2.27. The van der Waals surface area contributed by atoms with Crippen molar-refractivity contribution >= 4 is 24.1 Å². The Morgan fingerprint density at radius 3 is 2.60 bits per heavy atom. The molecular formula is C15H24ClN3O. The predicted molar refractivity (Wildman–Crippen MR) is 85.8 cm³/mol. The summed E-state index contributed by atoms with van der Waals surface area (Å²) in [6.07, 6.45) is 2.34. The van der Waals surface area contributed by atoms with Gasteiger partial charge in [0.15, 0.2) is 0 Å². The van der Waals surface area contributed by atoms with Crippen molar-refractivity contribution in [2.75, 3.05) is 18.4 Å². The largest absolute Gasteiger partial charge is 0.336 e. The summed E-state index contributed by atoms with van der Waals surface area (Å²) < 4.78 is 0. The molecule has 0 bridgehead atoms. The Hall–Kier alpha value is -1.26. The summed E-state index contributed by atoms with van der Waals surface area (Å²) in [5.41, 5.74) is 2.11. The Labute approximate surface area is 127 Å². The number of carbonyl (C=O) groups excluding carboxylic acids is 1. The molecule has 0 unspecified atom stereocenters. The summed E-state index contributed by atoms with van der Waals surface area (Å²) in [5.74, 6) is 0.510. The van der Waals surface area contributed by atoms with Crippen LogP contribution in [0.15, 0.2) is 24.3 Å². The van der Waals surface area contributed by atoms with Crippen LogP contribution in [-0.4, -0.2) is 25.2 Å². The maximum Gasteiger partial charge on any atom is 0.319 e. The Morgan fingerprint density at radius 2 is 2.05 bits per heavy atom. The van der Waals surface area contributed by atoms with Crippen LogP contribution in [0.1, 0.15) is 38.2 Å². The number of anilines is 1. The van der Waals surface area contributed by atoms with Crippen LogP contribution in [0.2, 0.25) is 0 Å². The lowest BCUT2D eigenvalue weighted by Gasteiger charge is -2.13. The number of hydrogen-bond acceptors (Lipinski definition) is 2. The van der Waals surface area contributed by atoms with Crippen LogP contribution in [0.3, 0.4) is 0 Å². The molecule has 0 spiro atoms. The van der Waals surface area contributed by atoms with Crippen LogP contribution in [0.25, 0.3) is 0 Å². The number of benzene rings is 1. The van der Waals surface area contributed by atoms with Crippen LogP contribution < -0.4 is 16.0 Å². The summed E-state index contributed by atoms with van der Waals surface area (Å²) in [7, 11) is 0. The first-order valence-electron chi connectivity index (χ1n) is 7.03. The van der Waals surface area contributed by atoms with Gasteiger partial charge in [0, 0.05) is 18.3 Å². The third-order valence-electron chi connectivity index (χ3n) is 3.51. The van der Waals surface area contributed by atoms with Gasteiger partial charge in [-0.15, -0.1) is 12.4 Å². The monoisotopic (exact) mass is 297 g/mol. The van der Waals surface area contributed by atoms with Gasteiger partial charge in [0.25, 0.3) is 0 Å². The minimum absolute atomic E-state index is 0. The van der Waals surface area contributed by atoms with Gasteiger partial charge < -0.3 is 16.0 Å². The van der Waals surface area contributed by atoms with Crippen LogP contribution in [0.5, 0.6) is 0 Å². The highest BCUT2D eigenvalue weighted by atomic mass is 35.5.